The van der Waals surface area contributed by atoms with Gasteiger partial charge in [0.15, 0.2) is 0 Å². The lowest BCUT2D eigenvalue weighted by molar-refractivity contribution is 0.413. The molecule has 0 saturated carbocycles. The van der Waals surface area contributed by atoms with Crippen molar-refractivity contribution in [3.05, 3.63) is 29.8 Å². The third kappa shape index (κ3) is 2.25. The molecule has 2 aromatic rings. The molecule has 0 aromatic carbocycles. The largest absolute Gasteiger partial charge is 0.495 e. The van der Waals surface area contributed by atoms with Gasteiger partial charge in [-0.2, -0.15) is 0 Å². The van der Waals surface area contributed by atoms with E-state index >= 15 is 0 Å². The molecule has 0 bridgehead atoms. The lowest BCUT2D eigenvalue weighted by Gasteiger charge is -2.10. The summed E-state index contributed by atoms with van der Waals surface area (Å²) in [4.78, 5) is 12.9. The second-order valence-electron chi connectivity index (χ2n) is 3.97. The number of methoxy groups -OCH3 is 1. The van der Waals surface area contributed by atoms with E-state index in [0.29, 0.717) is 11.6 Å². The number of hydrogen-bond donors (Lipinski definition) is 1. The van der Waals surface area contributed by atoms with Crippen molar-refractivity contribution in [2.75, 3.05) is 12.8 Å². The summed E-state index contributed by atoms with van der Waals surface area (Å²) in [5.74, 6) is 1.94. The van der Waals surface area contributed by atoms with Gasteiger partial charge in [0.05, 0.1) is 19.0 Å². The zero-order valence-electron chi connectivity index (χ0n) is 10.8. The van der Waals surface area contributed by atoms with E-state index in [1.54, 1.807) is 19.5 Å². The topological polar surface area (TPSA) is 73.9 Å². The number of nitrogens with zero attached hydrogens (tertiary/aromatic N) is 3. The fraction of sp³-hybridized carbons (Fsp3) is 0.308. The fourth-order valence-corrected chi connectivity index (χ4v) is 1.68. The molecule has 0 spiro atoms. The molecule has 0 fully saturated rings. The Morgan fingerprint density at radius 2 is 2.06 bits per heavy atom. The van der Waals surface area contributed by atoms with E-state index in [-0.39, 0.29) is 0 Å². The summed E-state index contributed by atoms with van der Waals surface area (Å²) >= 11 is 0. The molecule has 2 aromatic heterocycles. The fourth-order valence-electron chi connectivity index (χ4n) is 1.68. The Bertz CT molecular complexity index is 569. The predicted octanol–water partition coefficient (Wildman–Crippen LogP) is 2.00. The highest BCUT2D eigenvalue weighted by Crippen LogP contribution is 2.26. The molecule has 0 aliphatic carbocycles. The highest BCUT2D eigenvalue weighted by Gasteiger charge is 2.11. The maximum atomic E-state index is 5.90. The van der Waals surface area contributed by atoms with Crippen molar-refractivity contribution >= 4 is 5.82 Å². The number of aryl methyl sites for hydroxylation is 1. The van der Waals surface area contributed by atoms with Crippen molar-refractivity contribution in [1.82, 2.24) is 15.0 Å². The summed E-state index contributed by atoms with van der Waals surface area (Å²) < 4.78 is 5.17. The van der Waals surface area contributed by atoms with Crippen LogP contribution in [0, 0.1) is 6.92 Å². The predicted molar refractivity (Wildman–Crippen MR) is 70.3 cm³/mol. The second kappa shape index (κ2) is 5.00. The van der Waals surface area contributed by atoms with Gasteiger partial charge in [0.1, 0.15) is 17.4 Å². The molecular weight excluding hydrogens is 228 g/mol. The Morgan fingerprint density at radius 3 is 2.72 bits per heavy atom. The first-order valence-electron chi connectivity index (χ1n) is 5.78. The maximum Gasteiger partial charge on any atom is 0.137 e. The van der Waals surface area contributed by atoms with Crippen LogP contribution in [0.15, 0.2) is 18.5 Å². The van der Waals surface area contributed by atoms with Gasteiger partial charge in [0.25, 0.3) is 0 Å². The van der Waals surface area contributed by atoms with Crippen molar-refractivity contribution in [1.29, 1.82) is 0 Å². The summed E-state index contributed by atoms with van der Waals surface area (Å²) in [6.45, 7) is 3.90. The SMILES string of the molecule is CCc1nc(N)c(C)c(-c2cncc(OC)c2)n1. The molecule has 0 aliphatic rings. The average Bonchev–Trinajstić information content (AvgIpc) is 2.41. The molecule has 5 nitrogen and oxygen atoms in total. The summed E-state index contributed by atoms with van der Waals surface area (Å²) in [5, 5.41) is 0. The molecular formula is C13H16N4O. The van der Waals surface area contributed by atoms with Crippen LogP contribution in [0.3, 0.4) is 0 Å². The van der Waals surface area contributed by atoms with Crippen molar-refractivity contribution in [2.24, 2.45) is 0 Å². The summed E-state index contributed by atoms with van der Waals surface area (Å²) in [7, 11) is 1.61. The first kappa shape index (κ1) is 12.3. The van der Waals surface area contributed by atoms with Gasteiger partial charge < -0.3 is 10.5 Å². The minimum atomic E-state index is 0.514. The number of hydrogen-bond acceptors (Lipinski definition) is 5. The van der Waals surface area contributed by atoms with Gasteiger partial charge in [0, 0.05) is 23.7 Å². The van der Waals surface area contributed by atoms with Crippen LogP contribution in [-0.2, 0) is 6.42 Å². The number of nitrogen functional groups attached to an aromatic ring is 1. The Hall–Kier alpha value is -2.17. The van der Waals surface area contributed by atoms with Crippen LogP contribution in [0.2, 0.25) is 0 Å². The van der Waals surface area contributed by atoms with Gasteiger partial charge in [-0.05, 0) is 13.0 Å². The Balaban J connectivity index is 2.58. The molecule has 18 heavy (non-hydrogen) atoms. The molecule has 0 radical (unpaired) electrons. The molecule has 0 unspecified atom stereocenters. The van der Waals surface area contributed by atoms with E-state index in [4.69, 9.17) is 10.5 Å². The van der Waals surface area contributed by atoms with E-state index in [9.17, 15) is 0 Å². The molecule has 0 atom stereocenters. The van der Waals surface area contributed by atoms with Gasteiger partial charge in [-0.1, -0.05) is 6.92 Å². The van der Waals surface area contributed by atoms with Gasteiger partial charge in [-0.15, -0.1) is 0 Å². The molecule has 94 valence electrons. The van der Waals surface area contributed by atoms with Crippen LogP contribution < -0.4 is 10.5 Å². The number of aromatic nitrogens is 3. The van der Waals surface area contributed by atoms with Crippen LogP contribution in [0.25, 0.3) is 11.3 Å². The van der Waals surface area contributed by atoms with Crippen LogP contribution in [0.5, 0.6) is 5.75 Å². The standard InChI is InChI=1S/C13H16N4O/c1-4-11-16-12(8(2)13(14)17-11)9-5-10(18-3)7-15-6-9/h5-7H,4H2,1-3H3,(H2,14,16,17). The van der Waals surface area contributed by atoms with E-state index in [1.165, 1.54) is 0 Å². The van der Waals surface area contributed by atoms with Gasteiger partial charge >= 0.3 is 0 Å². The van der Waals surface area contributed by atoms with E-state index in [2.05, 4.69) is 15.0 Å². The van der Waals surface area contributed by atoms with Gasteiger partial charge in [-0.3, -0.25) is 4.98 Å². The maximum absolute atomic E-state index is 5.90. The molecule has 2 N–H and O–H groups in total. The van der Waals surface area contributed by atoms with E-state index < -0.39 is 0 Å². The Labute approximate surface area is 106 Å². The van der Waals surface area contributed by atoms with Crippen molar-refractivity contribution < 1.29 is 4.74 Å². The van der Waals surface area contributed by atoms with Crippen LogP contribution in [0.1, 0.15) is 18.3 Å². The lowest BCUT2D eigenvalue weighted by atomic mass is 10.1. The third-order valence-electron chi connectivity index (χ3n) is 2.77. The zero-order valence-corrected chi connectivity index (χ0v) is 10.8. The number of ether oxygens (including phenoxy) is 1. The third-order valence-corrected chi connectivity index (χ3v) is 2.77. The molecule has 0 amide bonds. The molecule has 2 heterocycles. The van der Waals surface area contributed by atoms with Crippen LogP contribution in [0.4, 0.5) is 5.82 Å². The minimum Gasteiger partial charge on any atom is -0.495 e. The highest BCUT2D eigenvalue weighted by molar-refractivity contribution is 5.67. The molecule has 2 rings (SSSR count). The Kier molecular flexibility index (Phi) is 3.41. The number of pyridine rings is 1. The summed E-state index contributed by atoms with van der Waals surface area (Å²) in [6, 6.07) is 1.89. The zero-order chi connectivity index (χ0) is 13.1. The van der Waals surface area contributed by atoms with Crippen molar-refractivity contribution in [2.45, 2.75) is 20.3 Å². The number of nitrogens with two attached hydrogens (primary N) is 1. The second-order valence-corrected chi connectivity index (χ2v) is 3.97. The smallest absolute Gasteiger partial charge is 0.137 e. The van der Waals surface area contributed by atoms with E-state index in [1.807, 2.05) is 19.9 Å². The monoisotopic (exact) mass is 244 g/mol. The van der Waals surface area contributed by atoms with Crippen LogP contribution >= 0.6 is 0 Å². The first-order valence-corrected chi connectivity index (χ1v) is 5.78. The summed E-state index contributed by atoms with van der Waals surface area (Å²) in [6.07, 6.45) is 4.15. The number of anilines is 1. The van der Waals surface area contributed by atoms with Crippen LogP contribution in [-0.4, -0.2) is 22.1 Å². The molecule has 0 aliphatic heterocycles. The van der Waals surface area contributed by atoms with Crippen molar-refractivity contribution in [3.63, 3.8) is 0 Å². The quantitative estimate of drug-likeness (QED) is 0.893. The molecule has 5 heteroatoms. The molecule has 0 saturated heterocycles. The average molecular weight is 244 g/mol. The highest BCUT2D eigenvalue weighted by atomic mass is 16.5. The van der Waals surface area contributed by atoms with Crippen molar-refractivity contribution in [3.8, 4) is 17.0 Å². The van der Waals surface area contributed by atoms with Gasteiger partial charge in [-0.25, -0.2) is 9.97 Å². The Morgan fingerprint density at radius 1 is 1.28 bits per heavy atom. The lowest BCUT2D eigenvalue weighted by Crippen LogP contribution is -2.04. The first-order chi connectivity index (χ1) is 8.65. The normalized spacial score (nSPS) is 10.4. The minimum absolute atomic E-state index is 0.514. The number of rotatable bonds is 3. The summed E-state index contributed by atoms with van der Waals surface area (Å²) in [5.41, 5.74) is 8.46. The van der Waals surface area contributed by atoms with E-state index in [0.717, 1.165) is 29.1 Å². The van der Waals surface area contributed by atoms with Gasteiger partial charge in [0.2, 0.25) is 0 Å².